The van der Waals surface area contributed by atoms with Crippen LogP contribution in [0.2, 0.25) is 0 Å². The Morgan fingerprint density at radius 2 is 1.55 bits per heavy atom. The van der Waals surface area contributed by atoms with E-state index in [2.05, 4.69) is 40.2 Å². The number of ether oxygens (including phenoxy) is 1. The van der Waals surface area contributed by atoms with E-state index < -0.39 is 18.1 Å². The molecule has 0 spiro atoms. The Bertz CT molecular complexity index is 1150. The van der Waals surface area contributed by atoms with Crippen molar-refractivity contribution in [1.29, 1.82) is 0 Å². The molecule has 2 aliphatic rings. The van der Waals surface area contributed by atoms with Crippen LogP contribution < -0.4 is 0 Å². The summed E-state index contributed by atoms with van der Waals surface area (Å²) in [5.74, 6) is -0.958. The van der Waals surface area contributed by atoms with Gasteiger partial charge in [-0.05, 0) is 58.7 Å². The molecule has 1 aliphatic carbocycles. The maximum Gasteiger partial charge on any atom is 0.410 e. The molecule has 3 aromatic rings. The molecule has 1 amide bonds. The predicted molar refractivity (Wildman–Crippen MR) is 129 cm³/mol. The number of hydrogen-bond donors (Lipinski definition) is 1. The van der Waals surface area contributed by atoms with Crippen molar-refractivity contribution in [2.75, 3.05) is 13.2 Å². The molecule has 0 radical (unpaired) electrons. The van der Waals surface area contributed by atoms with Gasteiger partial charge in [0.25, 0.3) is 0 Å². The molecule has 1 saturated heterocycles. The Labute approximate surface area is 201 Å². The number of carbonyl (C=O) groups excluding carboxylic acids is 1. The number of benzene rings is 3. The minimum absolute atomic E-state index is 0.0502. The van der Waals surface area contributed by atoms with E-state index in [1.54, 1.807) is 0 Å². The van der Waals surface area contributed by atoms with E-state index in [9.17, 15) is 14.7 Å². The Morgan fingerprint density at radius 1 is 0.939 bits per heavy atom. The fraction of sp³-hybridized carbons (Fsp3) is 0.259. The molecule has 2 unspecified atom stereocenters. The highest BCUT2D eigenvalue weighted by molar-refractivity contribution is 9.10. The highest BCUT2D eigenvalue weighted by Gasteiger charge is 2.41. The Hall–Kier alpha value is -3.12. The van der Waals surface area contributed by atoms with Crippen LogP contribution in [0.15, 0.2) is 77.3 Å². The number of carboxylic acids is 1. The number of carboxylic acid groups (broad SMARTS) is 1. The van der Waals surface area contributed by atoms with Crippen LogP contribution in [0.25, 0.3) is 11.1 Å². The van der Waals surface area contributed by atoms with Crippen molar-refractivity contribution < 1.29 is 19.4 Å². The summed E-state index contributed by atoms with van der Waals surface area (Å²) in [5, 5.41) is 9.74. The summed E-state index contributed by atoms with van der Waals surface area (Å²) in [4.78, 5) is 26.3. The van der Waals surface area contributed by atoms with Crippen LogP contribution in [0.3, 0.4) is 0 Å². The van der Waals surface area contributed by atoms with Crippen LogP contribution in [0.1, 0.15) is 29.0 Å². The number of rotatable bonds is 5. The van der Waals surface area contributed by atoms with E-state index in [0.717, 1.165) is 38.7 Å². The van der Waals surface area contributed by atoms with E-state index in [1.807, 2.05) is 48.5 Å². The molecular weight excluding hydrogens is 482 g/mol. The van der Waals surface area contributed by atoms with Gasteiger partial charge in [0.15, 0.2) is 0 Å². The number of aliphatic carboxylic acids is 1. The van der Waals surface area contributed by atoms with E-state index in [1.165, 1.54) is 4.90 Å². The summed E-state index contributed by atoms with van der Waals surface area (Å²) in [7, 11) is 0. The lowest BCUT2D eigenvalue weighted by Crippen LogP contribution is -2.41. The van der Waals surface area contributed by atoms with Crippen molar-refractivity contribution >= 4 is 28.0 Å². The summed E-state index contributed by atoms with van der Waals surface area (Å²) in [6, 6.07) is 23.5. The van der Waals surface area contributed by atoms with Gasteiger partial charge < -0.3 is 9.84 Å². The molecule has 3 aromatic carbocycles. The second-order valence-corrected chi connectivity index (χ2v) is 9.66. The van der Waals surface area contributed by atoms with Gasteiger partial charge in [0.2, 0.25) is 0 Å². The Kier molecular flexibility index (Phi) is 5.94. The summed E-state index contributed by atoms with van der Waals surface area (Å²) in [5.41, 5.74) is 5.72. The van der Waals surface area contributed by atoms with Gasteiger partial charge in [-0.25, -0.2) is 9.59 Å². The van der Waals surface area contributed by atoms with Crippen molar-refractivity contribution in [3.05, 3.63) is 94.0 Å². The fourth-order valence-corrected chi connectivity index (χ4v) is 5.40. The van der Waals surface area contributed by atoms with Gasteiger partial charge >= 0.3 is 12.1 Å². The van der Waals surface area contributed by atoms with Crippen LogP contribution >= 0.6 is 15.9 Å². The number of amides is 1. The van der Waals surface area contributed by atoms with Gasteiger partial charge in [0, 0.05) is 16.9 Å². The Balaban J connectivity index is 1.29. The zero-order chi connectivity index (χ0) is 22.9. The van der Waals surface area contributed by atoms with Gasteiger partial charge in [-0.1, -0.05) is 76.6 Å². The van der Waals surface area contributed by atoms with Crippen molar-refractivity contribution in [3.63, 3.8) is 0 Å². The molecule has 1 aliphatic heterocycles. The highest BCUT2D eigenvalue weighted by atomic mass is 79.9. The molecule has 1 heterocycles. The predicted octanol–water partition coefficient (Wildman–Crippen LogP) is 5.72. The smallest absolute Gasteiger partial charge is 0.410 e. The molecule has 1 N–H and O–H groups in total. The SMILES string of the molecule is O=C(O)C1CC(Cc2ccc(Br)cc2)CN1C(=O)OCC1c2ccccc2-c2ccccc21. The lowest BCUT2D eigenvalue weighted by molar-refractivity contribution is -0.141. The second-order valence-electron chi connectivity index (χ2n) is 8.74. The van der Waals surface area contributed by atoms with E-state index >= 15 is 0 Å². The molecule has 1 fully saturated rings. The standard InChI is InChI=1S/C27H24BrNO4/c28-19-11-9-17(10-12-19)13-18-14-25(26(30)31)29(15-18)27(32)33-16-24-22-7-3-1-5-20(22)21-6-2-4-8-23(21)24/h1-12,18,24-25H,13-16H2,(H,30,31). The van der Waals surface area contributed by atoms with Gasteiger partial charge in [0.1, 0.15) is 12.6 Å². The van der Waals surface area contributed by atoms with Crippen LogP contribution in [0.5, 0.6) is 0 Å². The number of likely N-dealkylation sites (tertiary alicyclic amines) is 1. The first-order chi connectivity index (χ1) is 16.0. The molecule has 0 bridgehead atoms. The van der Waals surface area contributed by atoms with Crippen molar-refractivity contribution in [2.24, 2.45) is 5.92 Å². The van der Waals surface area contributed by atoms with Gasteiger partial charge in [-0.3, -0.25) is 4.90 Å². The largest absolute Gasteiger partial charge is 0.480 e. The summed E-state index contributed by atoms with van der Waals surface area (Å²) < 4.78 is 6.74. The fourth-order valence-electron chi connectivity index (χ4n) is 5.14. The number of fused-ring (bicyclic) bond motifs is 3. The lowest BCUT2D eigenvalue weighted by atomic mass is 9.97. The average Bonchev–Trinajstić information content (AvgIpc) is 3.39. The summed E-state index contributed by atoms with van der Waals surface area (Å²) >= 11 is 3.43. The zero-order valence-electron chi connectivity index (χ0n) is 18.0. The highest BCUT2D eigenvalue weighted by Crippen LogP contribution is 2.44. The third-order valence-corrected chi connectivity index (χ3v) is 7.21. The molecule has 33 heavy (non-hydrogen) atoms. The van der Waals surface area contributed by atoms with Crippen LogP contribution in [-0.2, 0) is 16.0 Å². The van der Waals surface area contributed by atoms with Crippen molar-refractivity contribution in [3.8, 4) is 11.1 Å². The van der Waals surface area contributed by atoms with E-state index in [4.69, 9.17) is 4.74 Å². The van der Waals surface area contributed by atoms with Crippen LogP contribution in [-0.4, -0.2) is 41.3 Å². The molecule has 168 valence electrons. The first kappa shape index (κ1) is 21.7. The monoisotopic (exact) mass is 505 g/mol. The molecule has 0 saturated carbocycles. The number of halogens is 1. The molecule has 6 heteroatoms. The van der Waals surface area contributed by atoms with Gasteiger partial charge in [-0.15, -0.1) is 0 Å². The van der Waals surface area contributed by atoms with E-state index in [0.29, 0.717) is 13.0 Å². The normalized spacial score (nSPS) is 19.2. The average molecular weight is 506 g/mol. The maximum atomic E-state index is 13.0. The molecule has 2 atom stereocenters. The van der Waals surface area contributed by atoms with E-state index in [-0.39, 0.29) is 18.4 Å². The van der Waals surface area contributed by atoms with Gasteiger partial charge in [0.05, 0.1) is 0 Å². The first-order valence-corrected chi connectivity index (χ1v) is 11.9. The second kappa shape index (κ2) is 9.02. The minimum Gasteiger partial charge on any atom is -0.480 e. The maximum absolute atomic E-state index is 13.0. The molecule has 5 nitrogen and oxygen atoms in total. The molecule has 5 rings (SSSR count). The van der Waals surface area contributed by atoms with Gasteiger partial charge in [-0.2, -0.15) is 0 Å². The van der Waals surface area contributed by atoms with Crippen LogP contribution in [0, 0.1) is 5.92 Å². The number of carbonyl (C=O) groups is 2. The topological polar surface area (TPSA) is 66.8 Å². The Morgan fingerprint density at radius 3 is 2.15 bits per heavy atom. The number of nitrogens with zero attached hydrogens (tertiary/aromatic N) is 1. The van der Waals surface area contributed by atoms with Crippen molar-refractivity contribution in [1.82, 2.24) is 4.90 Å². The lowest BCUT2D eigenvalue weighted by Gasteiger charge is -2.22. The zero-order valence-corrected chi connectivity index (χ0v) is 19.6. The first-order valence-electron chi connectivity index (χ1n) is 11.1. The third kappa shape index (κ3) is 4.27. The minimum atomic E-state index is -0.984. The quantitative estimate of drug-likeness (QED) is 0.481. The van der Waals surface area contributed by atoms with Crippen molar-refractivity contribution in [2.45, 2.75) is 24.8 Å². The molecule has 0 aromatic heterocycles. The molecular formula is C27H24BrNO4. The summed E-state index contributed by atoms with van der Waals surface area (Å²) in [6.45, 7) is 0.566. The van der Waals surface area contributed by atoms with Crippen LogP contribution in [0.4, 0.5) is 4.79 Å². The summed E-state index contributed by atoms with van der Waals surface area (Å²) in [6.07, 6.45) is 0.599. The number of hydrogen-bond acceptors (Lipinski definition) is 3. The third-order valence-electron chi connectivity index (χ3n) is 6.68.